The molecule has 0 amide bonds. The van der Waals surface area contributed by atoms with Crippen LogP contribution < -0.4 is 5.32 Å². The summed E-state index contributed by atoms with van der Waals surface area (Å²) in [5.41, 5.74) is 0. The van der Waals surface area contributed by atoms with Crippen molar-refractivity contribution in [3.05, 3.63) is 0 Å². The molecule has 1 saturated heterocycles. The Hall–Kier alpha value is -0.0800. The van der Waals surface area contributed by atoms with Gasteiger partial charge in [0, 0.05) is 12.1 Å². The van der Waals surface area contributed by atoms with Crippen LogP contribution in [-0.4, -0.2) is 36.6 Å². The van der Waals surface area contributed by atoms with Gasteiger partial charge in [-0.05, 0) is 70.0 Å². The molecule has 2 aliphatic carbocycles. The molecule has 2 saturated carbocycles. The predicted molar refractivity (Wildman–Crippen MR) is 76.7 cm³/mol. The molecule has 1 N–H and O–H groups in total. The summed E-state index contributed by atoms with van der Waals surface area (Å²) in [6, 6.07) is 1.80. The Morgan fingerprint density at radius 1 is 0.889 bits per heavy atom. The van der Waals surface area contributed by atoms with Gasteiger partial charge < -0.3 is 10.2 Å². The number of nitrogens with one attached hydrogen (secondary N) is 1. The Morgan fingerprint density at radius 2 is 1.56 bits per heavy atom. The number of nitrogens with zero attached hydrogens (tertiary/aromatic N) is 1. The summed E-state index contributed by atoms with van der Waals surface area (Å²) >= 11 is 0. The molecule has 0 atom stereocenters. The zero-order valence-electron chi connectivity index (χ0n) is 12.0. The fourth-order valence-corrected chi connectivity index (χ4v) is 3.77. The third-order valence-electron chi connectivity index (χ3n) is 5.42. The lowest BCUT2D eigenvalue weighted by atomic mass is 9.83. The minimum atomic E-state index is 0.819. The largest absolute Gasteiger partial charge is 0.314 e. The first-order chi connectivity index (χ1) is 8.81. The van der Waals surface area contributed by atoms with E-state index in [1.807, 2.05) is 0 Å². The molecule has 1 aliphatic heterocycles. The molecule has 0 unspecified atom stereocenters. The summed E-state index contributed by atoms with van der Waals surface area (Å²) in [6.07, 6.45) is 11.6. The summed E-state index contributed by atoms with van der Waals surface area (Å²) in [5.74, 6) is 1.96. The van der Waals surface area contributed by atoms with Crippen molar-refractivity contribution in [1.82, 2.24) is 10.2 Å². The molecule has 3 fully saturated rings. The van der Waals surface area contributed by atoms with Gasteiger partial charge in [-0.1, -0.05) is 19.8 Å². The van der Waals surface area contributed by atoms with Gasteiger partial charge in [-0.3, -0.25) is 0 Å². The van der Waals surface area contributed by atoms with E-state index in [4.69, 9.17) is 0 Å². The SMILES string of the molecule is CC1CCC(CNC2CCN(C3CC3)CC2)CC1. The Labute approximate surface area is 113 Å². The second-order valence-corrected chi connectivity index (χ2v) is 7.08. The zero-order valence-corrected chi connectivity index (χ0v) is 12.0. The molecule has 3 rings (SSSR count). The highest BCUT2D eigenvalue weighted by molar-refractivity contribution is 4.89. The van der Waals surface area contributed by atoms with Gasteiger partial charge in [0.15, 0.2) is 0 Å². The second kappa shape index (κ2) is 5.92. The van der Waals surface area contributed by atoms with Crippen LogP contribution in [0.4, 0.5) is 0 Å². The van der Waals surface area contributed by atoms with Gasteiger partial charge in [-0.15, -0.1) is 0 Å². The van der Waals surface area contributed by atoms with Crippen molar-refractivity contribution in [2.75, 3.05) is 19.6 Å². The molecule has 0 aromatic rings. The highest BCUT2D eigenvalue weighted by Crippen LogP contribution is 2.30. The van der Waals surface area contributed by atoms with Crippen LogP contribution in [0.25, 0.3) is 0 Å². The fraction of sp³-hybridized carbons (Fsp3) is 1.00. The van der Waals surface area contributed by atoms with Crippen LogP contribution in [0.5, 0.6) is 0 Å². The van der Waals surface area contributed by atoms with E-state index in [9.17, 15) is 0 Å². The minimum Gasteiger partial charge on any atom is -0.314 e. The number of hydrogen-bond donors (Lipinski definition) is 1. The van der Waals surface area contributed by atoms with Gasteiger partial charge in [0.25, 0.3) is 0 Å². The molecular weight excluding hydrogens is 220 g/mol. The second-order valence-electron chi connectivity index (χ2n) is 7.08. The van der Waals surface area contributed by atoms with Crippen molar-refractivity contribution in [2.45, 2.75) is 70.4 Å². The standard InChI is InChI=1S/C16H30N2/c1-13-2-4-14(5-3-13)12-17-15-8-10-18(11-9-15)16-6-7-16/h13-17H,2-12H2,1H3. The molecule has 3 aliphatic rings. The maximum atomic E-state index is 3.86. The molecule has 2 heteroatoms. The fourth-order valence-electron chi connectivity index (χ4n) is 3.77. The molecule has 0 bridgehead atoms. The number of piperidine rings is 1. The van der Waals surface area contributed by atoms with E-state index >= 15 is 0 Å². The molecule has 0 spiro atoms. The number of hydrogen-bond acceptors (Lipinski definition) is 2. The van der Waals surface area contributed by atoms with Crippen molar-refractivity contribution in [1.29, 1.82) is 0 Å². The minimum absolute atomic E-state index is 0.819. The average Bonchev–Trinajstić information content (AvgIpc) is 3.23. The lowest BCUT2D eigenvalue weighted by Gasteiger charge is -2.34. The van der Waals surface area contributed by atoms with E-state index in [-0.39, 0.29) is 0 Å². The van der Waals surface area contributed by atoms with Crippen LogP contribution in [0.1, 0.15) is 58.3 Å². The van der Waals surface area contributed by atoms with E-state index in [2.05, 4.69) is 17.1 Å². The van der Waals surface area contributed by atoms with Crippen molar-refractivity contribution in [2.24, 2.45) is 11.8 Å². The van der Waals surface area contributed by atoms with E-state index in [0.29, 0.717) is 0 Å². The van der Waals surface area contributed by atoms with Crippen LogP contribution in [0.15, 0.2) is 0 Å². The zero-order chi connectivity index (χ0) is 12.4. The Bertz CT molecular complexity index is 246. The average molecular weight is 250 g/mol. The van der Waals surface area contributed by atoms with Gasteiger partial charge in [0.05, 0.1) is 0 Å². The monoisotopic (exact) mass is 250 g/mol. The highest BCUT2D eigenvalue weighted by atomic mass is 15.2. The third kappa shape index (κ3) is 3.48. The van der Waals surface area contributed by atoms with Gasteiger partial charge >= 0.3 is 0 Å². The molecule has 1 heterocycles. The first-order valence-corrected chi connectivity index (χ1v) is 8.28. The molecular formula is C16H30N2. The lowest BCUT2D eigenvalue weighted by Crippen LogP contribution is -2.44. The molecule has 0 aromatic carbocycles. The summed E-state index contributed by atoms with van der Waals surface area (Å²) in [4.78, 5) is 2.72. The third-order valence-corrected chi connectivity index (χ3v) is 5.42. The van der Waals surface area contributed by atoms with E-state index < -0.39 is 0 Å². The Morgan fingerprint density at radius 3 is 2.17 bits per heavy atom. The summed E-state index contributed by atoms with van der Waals surface area (Å²) in [6.45, 7) is 6.41. The first-order valence-electron chi connectivity index (χ1n) is 8.28. The lowest BCUT2D eigenvalue weighted by molar-refractivity contribution is 0.181. The molecule has 18 heavy (non-hydrogen) atoms. The summed E-state index contributed by atoms with van der Waals surface area (Å²) in [5, 5.41) is 3.86. The van der Waals surface area contributed by atoms with Crippen LogP contribution in [0.3, 0.4) is 0 Å². The highest BCUT2D eigenvalue weighted by Gasteiger charge is 2.31. The van der Waals surface area contributed by atoms with Crippen molar-refractivity contribution in [3.63, 3.8) is 0 Å². The van der Waals surface area contributed by atoms with Crippen LogP contribution in [0, 0.1) is 11.8 Å². The topological polar surface area (TPSA) is 15.3 Å². The maximum absolute atomic E-state index is 3.86. The van der Waals surface area contributed by atoms with Gasteiger partial charge in [-0.2, -0.15) is 0 Å². The molecule has 0 aromatic heterocycles. The molecule has 0 radical (unpaired) electrons. The van der Waals surface area contributed by atoms with Crippen LogP contribution >= 0.6 is 0 Å². The summed E-state index contributed by atoms with van der Waals surface area (Å²) < 4.78 is 0. The predicted octanol–water partition coefficient (Wildman–Crippen LogP) is 3.03. The first kappa shape index (κ1) is 12.9. The van der Waals surface area contributed by atoms with Crippen molar-refractivity contribution >= 4 is 0 Å². The maximum Gasteiger partial charge on any atom is 0.00964 e. The Kier molecular flexibility index (Phi) is 4.25. The van der Waals surface area contributed by atoms with E-state index in [0.717, 1.165) is 23.9 Å². The summed E-state index contributed by atoms with van der Waals surface area (Å²) in [7, 11) is 0. The van der Waals surface area contributed by atoms with Crippen LogP contribution in [0.2, 0.25) is 0 Å². The molecule has 2 nitrogen and oxygen atoms in total. The molecule has 104 valence electrons. The van der Waals surface area contributed by atoms with Gasteiger partial charge in [-0.25, -0.2) is 0 Å². The van der Waals surface area contributed by atoms with Gasteiger partial charge in [0.2, 0.25) is 0 Å². The van der Waals surface area contributed by atoms with Crippen LogP contribution in [-0.2, 0) is 0 Å². The van der Waals surface area contributed by atoms with Crippen molar-refractivity contribution < 1.29 is 0 Å². The van der Waals surface area contributed by atoms with E-state index in [1.54, 1.807) is 0 Å². The van der Waals surface area contributed by atoms with E-state index in [1.165, 1.54) is 71.0 Å². The Balaban J connectivity index is 1.31. The quantitative estimate of drug-likeness (QED) is 0.825. The smallest absolute Gasteiger partial charge is 0.00964 e. The number of rotatable bonds is 4. The van der Waals surface area contributed by atoms with Gasteiger partial charge in [0.1, 0.15) is 0 Å². The van der Waals surface area contributed by atoms with Crippen molar-refractivity contribution in [3.8, 4) is 0 Å². The normalized spacial score (nSPS) is 35.8. The number of likely N-dealkylation sites (tertiary alicyclic amines) is 1.